The summed E-state index contributed by atoms with van der Waals surface area (Å²) in [6, 6.07) is 28.4. The van der Waals surface area contributed by atoms with Gasteiger partial charge in [0.15, 0.2) is 22.9 Å². The molecule has 0 aromatic heterocycles. The predicted octanol–water partition coefficient (Wildman–Crippen LogP) is 7.37. The molecule has 4 aliphatic rings. The summed E-state index contributed by atoms with van der Waals surface area (Å²) in [7, 11) is 0. The number of aryl methyl sites for hydroxylation is 2. The minimum atomic E-state index is -0.322. The van der Waals surface area contributed by atoms with Gasteiger partial charge in [0.1, 0.15) is 0 Å². The number of rotatable bonds is 4. The molecule has 0 bridgehead atoms. The van der Waals surface area contributed by atoms with Crippen LogP contribution in [0, 0.1) is 49.7 Å². The molecule has 10 nitrogen and oxygen atoms in total. The van der Waals surface area contributed by atoms with Crippen LogP contribution in [0.25, 0.3) is 32.2 Å². The largest absolute Gasteiger partial charge is 0.321 e. The quantitative estimate of drug-likeness (QED) is 0.212. The number of ketones is 2. The molecule has 10 heteroatoms. The molecule has 2 heterocycles. The van der Waals surface area contributed by atoms with E-state index in [0.29, 0.717) is 78.5 Å². The van der Waals surface area contributed by atoms with Gasteiger partial charge in [0.25, 0.3) is 11.8 Å². The second-order valence-electron chi connectivity index (χ2n) is 13.0. The van der Waals surface area contributed by atoms with E-state index >= 15 is 0 Å². The summed E-state index contributed by atoms with van der Waals surface area (Å²) in [5.41, 5.74) is 10.4. The maximum Gasteiger partial charge on any atom is 0.256 e. The number of hydrogen-bond acceptors (Lipinski definition) is 6. The first-order valence-electron chi connectivity index (χ1n) is 16.7. The summed E-state index contributed by atoms with van der Waals surface area (Å²) in [5, 5.41) is 23.8. The molecular formula is C44H26N6O4. The molecule has 4 aromatic carbocycles. The number of hydrogen-bond donors (Lipinski definition) is 2. The summed E-state index contributed by atoms with van der Waals surface area (Å²) in [5.74, 6) is -0.864. The predicted molar refractivity (Wildman–Crippen MR) is 200 cm³/mol. The highest BCUT2D eigenvalue weighted by Gasteiger charge is 2.41. The standard InChI is InChI=1S/C23H15N3O2.C21H11N3O2/c1-12-4-14(11-24)8-15(5-12)18-10-19(27)21-20(18)23(28)26-22(21)16-6-13(2)7-17(9-16)25-3;1-23-15-8-6-14(7-9-15)20-19-17(25)10-16(18(19)21(26)24-20)13-4-2-12(11-22)3-5-13/h4-9H,10H2,1-2H3,(H,26,28);2-9H,10H2,(H,24,26). The van der Waals surface area contributed by atoms with Crippen LogP contribution in [0.2, 0.25) is 0 Å². The second-order valence-corrected chi connectivity index (χ2v) is 13.0. The van der Waals surface area contributed by atoms with E-state index in [0.717, 1.165) is 22.3 Å². The molecule has 2 aliphatic carbocycles. The van der Waals surface area contributed by atoms with Gasteiger partial charge < -0.3 is 10.6 Å². The van der Waals surface area contributed by atoms with Crippen LogP contribution in [0.4, 0.5) is 11.4 Å². The maximum atomic E-state index is 12.8. The molecule has 0 saturated heterocycles. The van der Waals surface area contributed by atoms with Gasteiger partial charge in [-0.3, -0.25) is 19.2 Å². The van der Waals surface area contributed by atoms with E-state index in [1.807, 2.05) is 26.0 Å². The van der Waals surface area contributed by atoms with Crippen LogP contribution in [0.15, 0.2) is 107 Å². The number of Topliss-reactive ketones (excluding diaryl/α,β-unsaturated/α-hetero) is 2. The molecule has 0 spiro atoms. The monoisotopic (exact) mass is 702 g/mol. The fourth-order valence-electron chi connectivity index (χ4n) is 7.13. The molecule has 54 heavy (non-hydrogen) atoms. The van der Waals surface area contributed by atoms with Gasteiger partial charge in [-0.15, -0.1) is 0 Å². The van der Waals surface area contributed by atoms with Crippen molar-refractivity contribution in [3.63, 3.8) is 0 Å². The number of nitrogens with zero attached hydrogens (tertiary/aromatic N) is 4. The van der Waals surface area contributed by atoms with Crippen LogP contribution >= 0.6 is 0 Å². The molecule has 4 aromatic rings. The summed E-state index contributed by atoms with van der Waals surface area (Å²) < 4.78 is 0. The van der Waals surface area contributed by atoms with Crippen molar-refractivity contribution in [2.24, 2.45) is 0 Å². The zero-order valence-corrected chi connectivity index (χ0v) is 28.9. The van der Waals surface area contributed by atoms with E-state index in [1.165, 1.54) is 0 Å². The third-order valence-corrected chi connectivity index (χ3v) is 9.45. The summed E-state index contributed by atoms with van der Waals surface area (Å²) in [6.07, 6.45) is 0.283. The number of nitriles is 2. The average molecular weight is 703 g/mol. The molecular weight excluding hydrogens is 677 g/mol. The first kappa shape index (κ1) is 34.5. The molecule has 8 rings (SSSR count). The first-order valence-corrected chi connectivity index (χ1v) is 16.7. The molecule has 2 amide bonds. The molecule has 0 saturated carbocycles. The summed E-state index contributed by atoms with van der Waals surface area (Å²) in [6.45, 7) is 18.0. The van der Waals surface area contributed by atoms with Gasteiger partial charge in [-0.25, -0.2) is 9.69 Å². The van der Waals surface area contributed by atoms with Crippen molar-refractivity contribution >= 4 is 57.3 Å². The summed E-state index contributed by atoms with van der Waals surface area (Å²) in [4.78, 5) is 57.6. The van der Waals surface area contributed by atoms with Crippen LogP contribution in [-0.4, -0.2) is 23.4 Å². The molecule has 2 N–H and O–H groups in total. The fourth-order valence-corrected chi connectivity index (χ4v) is 7.13. The van der Waals surface area contributed by atoms with Crippen LogP contribution in [0.3, 0.4) is 0 Å². The third-order valence-electron chi connectivity index (χ3n) is 9.45. The average Bonchev–Trinajstić information content (AvgIpc) is 3.92. The Morgan fingerprint density at radius 3 is 1.59 bits per heavy atom. The third kappa shape index (κ3) is 6.07. The van der Waals surface area contributed by atoms with Gasteiger partial charge in [-0.1, -0.05) is 60.2 Å². The van der Waals surface area contributed by atoms with Gasteiger partial charge in [0.05, 0.1) is 70.1 Å². The van der Waals surface area contributed by atoms with Gasteiger partial charge in [-0.2, -0.15) is 10.5 Å². The Kier molecular flexibility index (Phi) is 8.73. The van der Waals surface area contributed by atoms with Crippen molar-refractivity contribution in [3.8, 4) is 12.1 Å². The highest BCUT2D eigenvalue weighted by Crippen LogP contribution is 2.44. The highest BCUT2D eigenvalue weighted by atomic mass is 16.2. The van der Waals surface area contributed by atoms with E-state index < -0.39 is 0 Å². The lowest BCUT2D eigenvalue weighted by Crippen LogP contribution is -2.16. The van der Waals surface area contributed by atoms with E-state index in [-0.39, 0.29) is 36.2 Å². The number of allylic oxidation sites excluding steroid dienone is 2. The molecule has 256 valence electrons. The lowest BCUT2D eigenvalue weighted by molar-refractivity contribution is -0.116. The lowest BCUT2D eigenvalue weighted by Gasteiger charge is -2.08. The lowest BCUT2D eigenvalue weighted by atomic mass is 9.97. The van der Waals surface area contributed by atoms with Crippen molar-refractivity contribution in [1.82, 2.24) is 10.6 Å². The minimum Gasteiger partial charge on any atom is -0.321 e. The normalized spacial score (nSPS) is 15.5. The zero-order valence-electron chi connectivity index (χ0n) is 28.9. The van der Waals surface area contributed by atoms with Crippen molar-refractivity contribution in [3.05, 3.63) is 175 Å². The van der Waals surface area contributed by atoms with Crippen molar-refractivity contribution in [2.45, 2.75) is 26.7 Å². The Labute approximate surface area is 310 Å². The van der Waals surface area contributed by atoms with E-state index in [4.69, 9.17) is 18.4 Å². The minimum absolute atomic E-state index is 0.109. The highest BCUT2D eigenvalue weighted by molar-refractivity contribution is 6.32. The maximum absolute atomic E-state index is 12.8. The van der Waals surface area contributed by atoms with Crippen LogP contribution in [-0.2, 0) is 19.2 Å². The topological polar surface area (TPSA) is 149 Å². The van der Waals surface area contributed by atoms with Crippen molar-refractivity contribution in [2.75, 3.05) is 0 Å². The van der Waals surface area contributed by atoms with E-state index in [1.54, 1.807) is 72.8 Å². The Morgan fingerprint density at radius 2 is 1.04 bits per heavy atom. The number of amides is 2. The first-order chi connectivity index (χ1) is 26.0. The Bertz CT molecular complexity index is 2530. The second kappa shape index (κ2) is 13.7. The molecule has 0 fully saturated rings. The SMILES string of the molecule is [C-]#[N+]c1cc(C)cc(C2=C3C(=O)CC(c4cc(C)cc(C#N)c4)=C3C(=O)N2)c1.[C-]#[N+]c1ccc(C2=C3C(=O)CC(c4ccc(C#N)cc4)=C3C(=O)N2)cc1. The zero-order chi connectivity index (χ0) is 38.3. The number of benzene rings is 4. The Balaban J connectivity index is 0.000000167. The molecule has 0 radical (unpaired) electrons. The van der Waals surface area contributed by atoms with Crippen molar-refractivity contribution < 1.29 is 19.2 Å². The van der Waals surface area contributed by atoms with Gasteiger partial charge in [0.2, 0.25) is 0 Å². The smallest absolute Gasteiger partial charge is 0.256 e. The number of carbonyl (C=O) groups is 4. The molecule has 0 unspecified atom stereocenters. The van der Waals surface area contributed by atoms with E-state index in [2.05, 4.69) is 32.5 Å². The van der Waals surface area contributed by atoms with Gasteiger partial charge >= 0.3 is 0 Å². The van der Waals surface area contributed by atoms with Crippen LogP contribution in [0.1, 0.15) is 57.3 Å². The number of nitrogens with one attached hydrogen (secondary N) is 2. The Hall–Kier alpha value is -7.92. The van der Waals surface area contributed by atoms with Crippen molar-refractivity contribution in [1.29, 1.82) is 10.5 Å². The number of carbonyl (C=O) groups excluding carboxylic acids is 4. The van der Waals surface area contributed by atoms with E-state index in [9.17, 15) is 24.4 Å². The van der Waals surface area contributed by atoms with Crippen LogP contribution < -0.4 is 10.6 Å². The molecule has 2 aliphatic heterocycles. The Morgan fingerprint density at radius 1 is 0.537 bits per heavy atom. The summed E-state index contributed by atoms with van der Waals surface area (Å²) >= 11 is 0. The molecule has 0 atom stereocenters. The van der Waals surface area contributed by atoms with Gasteiger partial charge in [0, 0.05) is 12.8 Å². The van der Waals surface area contributed by atoms with Gasteiger partial charge in [-0.05, 0) is 83.1 Å². The van der Waals surface area contributed by atoms with Crippen LogP contribution in [0.5, 0.6) is 0 Å². The number of fused-ring (bicyclic) bond motifs is 2. The fraction of sp³-hybridized carbons (Fsp3) is 0.0909.